The zero-order chi connectivity index (χ0) is 10.8. The first-order valence-corrected chi connectivity index (χ1v) is 4.68. The molecule has 1 rings (SSSR count). The summed E-state index contributed by atoms with van der Waals surface area (Å²) in [5.41, 5.74) is 6.14. The Morgan fingerprint density at radius 2 is 2.07 bits per heavy atom. The minimum atomic E-state index is -0.487. The highest BCUT2D eigenvalue weighted by Gasteiger charge is 2.23. The van der Waals surface area contributed by atoms with E-state index in [-0.39, 0.29) is 0 Å². The summed E-state index contributed by atoms with van der Waals surface area (Å²) in [6, 6.07) is 1.79. The summed E-state index contributed by atoms with van der Waals surface area (Å²) in [5.74, 6) is 1.13. The predicted octanol–water partition coefficient (Wildman–Crippen LogP) is 1.50. The van der Waals surface area contributed by atoms with Gasteiger partial charge in [-0.25, -0.2) is 9.97 Å². The largest absolute Gasteiger partial charge is 0.384 e. The van der Waals surface area contributed by atoms with Gasteiger partial charge in [0, 0.05) is 18.9 Å². The Balaban J connectivity index is 3.15. The number of ether oxygens (including phenoxy) is 1. The van der Waals surface area contributed by atoms with Gasteiger partial charge in [0.15, 0.2) is 5.82 Å². The standard InChI is InChI=1S/C10H17N3O/c1-5-7-6-8(11)13-9(12-7)10(2,3)14-4/h6H,5H2,1-4H3,(H2,11,12,13). The van der Waals surface area contributed by atoms with Crippen molar-refractivity contribution >= 4 is 5.82 Å². The van der Waals surface area contributed by atoms with E-state index in [1.165, 1.54) is 0 Å². The van der Waals surface area contributed by atoms with Crippen molar-refractivity contribution in [3.63, 3.8) is 0 Å². The van der Waals surface area contributed by atoms with E-state index in [1.54, 1.807) is 13.2 Å². The maximum Gasteiger partial charge on any atom is 0.162 e. The first-order valence-electron chi connectivity index (χ1n) is 4.68. The molecule has 0 aliphatic heterocycles. The molecule has 0 radical (unpaired) electrons. The van der Waals surface area contributed by atoms with Crippen LogP contribution in [0.15, 0.2) is 6.07 Å². The molecule has 0 aliphatic carbocycles. The van der Waals surface area contributed by atoms with Crippen LogP contribution < -0.4 is 5.73 Å². The van der Waals surface area contributed by atoms with Gasteiger partial charge in [0.05, 0.1) is 0 Å². The van der Waals surface area contributed by atoms with E-state index in [4.69, 9.17) is 10.5 Å². The predicted molar refractivity (Wildman–Crippen MR) is 55.9 cm³/mol. The van der Waals surface area contributed by atoms with Crippen LogP contribution in [0, 0.1) is 0 Å². The second-order valence-corrected chi connectivity index (χ2v) is 3.68. The highest BCUT2D eigenvalue weighted by molar-refractivity contribution is 5.30. The monoisotopic (exact) mass is 195 g/mol. The highest BCUT2D eigenvalue weighted by Crippen LogP contribution is 2.21. The normalized spacial score (nSPS) is 11.7. The van der Waals surface area contributed by atoms with Crippen LogP contribution in [0.3, 0.4) is 0 Å². The summed E-state index contributed by atoms with van der Waals surface area (Å²) in [7, 11) is 1.64. The minimum Gasteiger partial charge on any atom is -0.384 e. The molecule has 0 fully saturated rings. The third-order valence-corrected chi connectivity index (χ3v) is 2.21. The van der Waals surface area contributed by atoms with E-state index in [0.29, 0.717) is 11.6 Å². The average molecular weight is 195 g/mol. The summed E-state index contributed by atoms with van der Waals surface area (Å²) in [4.78, 5) is 8.54. The molecule has 0 saturated heterocycles. The molecule has 4 nitrogen and oxygen atoms in total. The molecule has 0 aliphatic rings. The maximum atomic E-state index is 5.68. The summed E-state index contributed by atoms with van der Waals surface area (Å²) >= 11 is 0. The summed E-state index contributed by atoms with van der Waals surface area (Å²) in [6.45, 7) is 5.87. The fourth-order valence-electron chi connectivity index (χ4n) is 1.06. The van der Waals surface area contributed by atoms with Crippen molar-refractivity contribution in [2.75, 3.05) is 12.8 Å². The van der Waals surface area contributed by atoms with Gasteiger partial charge < -0.3 is 10.5 Å². The molecule has 0 unspecified atom stereocenters. The van der Waals surface area contributed by atoms with E-state index in [2.05, 4.69) is 9.97 Å². The molecule has 14 heavy (non-hydrogen) atoms. The van der Waals surface area contributed by atoms with E-state index in [1.807, 2.05) is 20.8 Å². The van der Waals surface area contributed by atoms with Gasteiger partial charge in [-0.15, -0.1) is 0 Å². The lowest BCUT2D eigenvalue weighted by Gasteiger charge is -2.21. The van der Waals surface area contributed by atoms with E-state index in [0.717, 1.165) is 12.1 Å². The Bertz CT molecular complexity index is 323. The molecule has 4 heteroatoms. The molecule has 0 atom stereocenters. The molecule has 2 N–H and O–H groups in total. The smallest absolute Gasteiger partial charge is 0.162 e. The zero-order valence-electron chi connectivity index (χ0n) is 9.16. The number of nitrogen functional groups attached to an aromatic ring is 1. The number of aryl methyl sites for hydroxylation is 1. The first kappa shape index (κ1) is 10.9. The van der Waals surface area contributed by atoms with Crippen LogP contribution in [0.1, 0.15) is 32.3 Å². The lowest BCUT2D eigenvalue weighted by atomic mass is 10.1. The molecule has 0 aromatic carbocycles. The molecule has 0 spiro atoms. The van der Waals surface area contributed by atoms with Crippen LogP contribution in [-0.2, 0) is 16.8 Å². The van der Waals surface area contributed by atoms with Crippen molar-refractivity contribution in [3.05, 3.63) is 17.6 Å². The van der Waals surface area contributed by atoms with Crippen molar-refractivity contribution in [2.24, 2.45) is 0 Å². The number of nitrogens with zero attached hydrogens (tertiary/aromatic N) is 2. The quantitative estimate of drug-likeness (QED) is 0.794. The Morgan fingerprint density at radius 1 is 1.43 bits per heavy atom. The van der Waals surface area contributed by atoms with Gasteiger partial charge in [0.1, 0.15) is 11.4 Å². The Hall–Kier alpha value is -1.16. The number of aromatic nitrogens is 2. The zero-order valence-corrected chi connectivity index (χ0v) is 9.16. The molecule has 1 aromatic heterocycles. The van der Waals surface area contributed by atoms with Gasteiger partial charge in [0.2, 0.25) is 0 Å². The molecule has 0 saturated carbocycles. The second-order valence-electron chi connectivity index (χ2n) is 3.68. The molecular weight excluding hydrogens is 178 g/mol. The number of hydrogen-bond donors (Lipinski definition) is 1. The Labute approximate surface area is 84.5 Å². The molecule has 1 aromatic rings. The topological polar surface area (TPSA) is 61.0 Å². The van der Waals surface area contributed by atoms with Crippen molar-refractivity contribution in [1.29, 1.82) is 0 Å². The van der Waals surface area contributed by atoms with Crippen molar-refractivity contribution in [1.82, 2.24) is 9.97 Å². The number of nitrogens with two attached hydrogens (primary N) is 1. The third-order valence-electron chi connectivity index (χ3n) is 2.21. The third kappa shape index (κ3) is 2.20. The van der Waals surface area contributed by atoms with Gasteiger partial charge in [-0.1, -0.05) is 6.92 Å². The lowest BCUT2D eigenvalue weighted by Crippen LogP contribution is -2.24. The lowest BCUT2D eigenvalue weighted by molar-refractivity contribution is 0.0114. The second kappa shape index (κ2) is 3.92. The van der Waals surface area contributed by atoms with Crippen molar-refractivity contribution in [2.45, 2.75) is 32.8 Å². The van der Waals surface area contributed by atoms with Crippen LogP contribution >= 0.6 is 0 Å². The fraction of sp³-hybridized carbons (Fsp3) is 0.600. The minimum absolute atomic E-state index is 0.487. The van der Waals surface area contributed by atoms with Gasteiger partial charge in [-0.05, 0) is 20.3 Å². The average Bonchev–Trinajstić information content (AvgIpc) is 2.16. The molecule has 78 valence electrons. The van der Waals surface area contributed by atoms with E-state index >= 15 is 0 Å². The van der Waals surface area contributed by atoms with Crippen LogP contribution in [-0.4, -0.2) is 17.1 Å². The highest BCUT2D eigenvalue weighted by atomic mass is 16.5. The molecule has 0 bridgehead atoms. The van der Waals surface area contributed by atoms with Gasteiger partial charge in [-0.3, -0.25) is 0 Å². The summed E-state index contributed by atoms with van der Waals surface area (Å²) < 4.78 is 5.30. The number of hydrogen-bond acceptors (Lipinski definition) is 4. The molecule has 1 heterocycles. The molecular formula is C10H17N3O. The van der Waals surface area contributed by atoms with Crippen molar-refractivity contribution < 1.29 is 4.74 Å². The summed E-state index contributed by atoms with van der Waals surface area (Å²) in [6.07, 6.45) is 0.847. The Morgan fingerprint density at radius 3 is 2.57 bits per heavy atom. The van der Waals surface area contributed by atoms with Crippen LogP contribution in [0.4, 0.5) is 5.82 Å². The van der Waals surface area contributed by atoms with Crippen LogP contribution in [0.2, 0.25) is 0 Å². The number of anilines is 1. The molecule has 0 amide bonds. The van der Waals surface area contributed by atoms with Crippen molar-refractivity contribution in [3.8, 4) is 0 Å². The summed E-state index contributed by atoms with van der Waals surface area (Å²) in [5, 5.41) is 0. The number of rotatable bonds is 3. The van der Waals surface area contributed by atoms with E-state index < -0.39 is 5.60 Å². The van der Waals surface area contributed by atoms with Gasteiger partial charge in [-0.2, -0.15) is 0 Å². The van der Waals surface area contributed by atoms with Crippen LogP contribution in [0.25, 0.3) is 0 Å². The SMILES string of the molecule is CCc1cc(N)nc(C(C)(C)OC)n1. The number of methoxy groups -OCH3 is 1. The van der Waals surface area contributed by atoms with Gasteiger partial charge in [0.25, 0.3) is 0 Å². The maximum absolute atomic E-state index is 5.68. The first-order chi connectivity index (χ1) is 6.49. The fourth-order valence-corrected chi connectivity index (χ4v) is 1.06. The van der Waals surface area contributed by atoms with Crippen LogP contribution in [0.5, 0.6) is 0 Å². The van der Waals surface area contributed by atoms with Gasteiger partial charge >= 0.3 is 0 Å². The Kier molecular flexibility index (Phi) is 3.06. The van der Waals surface area contributed by atoms with E-state index in [9.17, 15) is 0 Å².